The molecule has 0 spiro atoms. The third-order valence-electron chi connectivity index (χ3n) is 7.45. The number of alkyl carbamates (subject to hydrolysis) is 1. The van der Waals surface area contributed by atoms with Crippen LogP contribution in [0.1, 0.15) is 108 Å². The van der Waals surface area contributed by atoms with Crippen molar-refractivity contribution in [3.63, 3.8) is 0 Å². The minimum absolute atomic E-state index is 0.106. The lowest BCUT2D eigenvalue weighted by molar-refractivity contribution is -0.141. The fraction of sp³-hybridized carbons (Fsp3) is 0.571. The molecule has 8 heteroatoms. The summed E-state index contributed by atoms with van der Waals surface area (Å²) in [5.74, 6) is -0.562. The highest BCUT2D eigenvalue weighted by molar-refractivity contribution is 6.34. The Morgan fingerprint density at radius 1 is 0.930 bits per heavy atom. The molecule has 0 radical (unpaired) electrons. The van der Waals surface area contributed by atoms with Crippen LogP contribution >= 0.6 is 11.6 Å². The van der Waals surface area contributed by atoms with E-state index in [1.165, 1.54) is 0 Å². The molecule has 0 aliphatic carbocycles. The molecule has 2 aromatic carbocycles. The summed E-state index contributed by atoms with van der Waals surface area (Å²) in [7, 11) is 0. The van der Waals surface area contributed by atoms with Crippen LogP contribution < -0.4 is 10.6 Å². The highest BCUT2D eigenvalue weighted by Gasteiger charge is 2.37. The van der Waals surface area contributed by atoms with Gasteiger partial charge in [-0.3, -0.25) is 9.59 Å². The molecule has 3 amide bonds. The maximum absolute atomic E-state index is 14.6. The Morgan fingerprint density at radius 3 is 2.16 bits per heavy atom. The fourth-order valence-electron chi connectivity index (χ4n) is 5.10. The van der Waals surface area contributed by atoms with Gasteiger partial charge in [0.1, 0.15) is 17.7 Å². The topological polar surface area (TPSA) is 87.7 Å². The third kappa shape index (κ3) is 11.2. The van der Waals surface area contributed by atoms with Crippen LogP contribution in [0.3, 0.4) is 0 Å². The third-order valence-corrected chi connectivity index (χ3v) is 7.77. The van der Waals surface area contributed by atoms with Crippen molar-refractivity contribution in [1.29, 1.82) is 0 Å². The van der Waals surface area contributed by atoms with Gasteiger partial charge in [-0.1, -0.05) is 88.4 Å². The molecule has 0 saturated heterocycles. The number of nitrogens with zero attached hydrogens (tertiary/aromatic N) is 1. The summed E-state index contributed by atoms with van der Waals surface area (Å²) in [6.07, 6.45) is 4.65. The first-order chi connectivity index (χ1) is 20.2. The monoisotopic (exact) mass is 613 g/mol. The van der Waals surface area contributed by atoms with Gasteiger partial charge >= 0.3 is 6.09 Å². The Bertz CT molecular complexity index is 1220. The van der Waals surface area contributed by atoms with Crippen LogP contribution in [-0.4, -0.2) is 41.0 Å². The zero-order valence-corrected chi connectivity index (χ0v) is 28.4. The van der Waals surface area contributed by atoms with E-state index in [0.717, 1.165) is 54.4 Å². The number of carbonyl (C=O) groups is 3. The minimum atomic E-state index is -0.940. The molecule has 238 valence electrons. The SMILES string of the molecule is CCCCCCCN(C(=O)C(CC(C)C)NC(=O)OC(C)(C)C)C(C(=O)Nc1c(C)cccc1Cl)c1cccc(C)c1C. The number of unbranched alkanes of at least 4 members (excludes halogenated alkanes) is 4. The van der Waals surface area contributed by atoms with Gasteiger partial charge in [-0.25, -0.2) is 4.79 Å². The second kappa shape index (κ2) is 16.7. The highest BCUT2D eigenvalue weighted by atomic mass is 35.5. The number of anilines is 1. The van der Waals surface area contributed by atoms with Crippen molar-refractivity contribution in [2.45, 2.75) is 119 Å². The largest absolute Gasteiger partial charge is 0.444 e. The predicted octanol–water partition coefficient (Wildman–Crippen LogP) is 8.68. The second-order valence-electron chi connectivity index (χ2n) is 12.9. The summed E-state index contributed by atoms with van der Waals surface area (Å²) in [6, 6.07) is 9.45. The maximum Gasteiger partial charge on any atom is 0.408 e. The van der Waals surface area contributed by atoms with E-state index in [0.29, 0.717) is 23.7 Å². The van der Waals surface area contributed by atoms with Crippen LogP contribution in [0.2, 0.25) is 5.02 Å². The van der Waals surface area contributed by atoms with Crippen LogP contribution in [0.15, 0.2) is 36.4 Å². The van der Waals surface area contributed by atoms with E-state index in [4.69, 9.17) is 16.3 Å². The van der Waals surface area contributed by atoms with Gasteiger partial charge in [0.05, 0.1) is 10.7 Å². The normalized spacial score (nSPS) is 12.9. The van der Waals surface area contributed by atoms with Crippen LogP contribution in [0.25, 0.3) is 0 Å². The van der Waals surface area contributed by atoms with Crippen molar-refractivity contribution in [3.05, 3.63) is 63.7 Å². The fourth-order valence-corrected chi connectivity index (χ4v) is 5.37. The summed E-state index contributed by atoms with van der Waals surface area (Å²) in [4.78, 5) is 43.4. The number of hydrogen-bond donors (Lipinski definition) is 2. The molecule has 2 rings (SSSR count). The van der Waals surface area contributed by atoms with Gasteiger partial charge in [-0.2, -0.15) is 0 Å². The average Bonchev–Trinajstić information content (AvgIpc) is 2.90. The molecule has 2 atom stereocenters. The van der Waals surface area contributed by atoms with Gasteiger partial charge in [0.25, 0.3) is 5.91 Å². The summed E-state index contributed by atoms with van der Waals surface area (Å²) in [5, 5.41) is 6.30. The number of rotatable bonds is 14. The summed E-state index contributed by atoms with van der Waals surface area (Å²) in [6.45, 7) is 17.7. The van der Waals surface area contributed by atoms with E-state index in [-0.39, 0.29) is 17.7 Å². The molecule has 0 aromatic heterocycles. The summed E-state index contributed by atoms with van der Waals surface area (Å²) >= 11 is 6.52. The van der Waals surface area contributed by atoms with Gasteiger partial charge in [-0.15, -0.1) is 0 Å². The number of amides is 3. The van der Waals surface area contributed by atoms with Crippen molar-refractivity contribution in [3.8, 4) is 0 Å². The van der Waals surface area contributed by atoms with Gasteiger partial charge in [0.2, 0.25) is 5.91 Å². The van der Waals surface area contributed by atoms with E-state index in [1.54, 1.807) is 31.7 Å². The molecule has 2 unspecified atom stereocenters. The van der Waals surface area contributed by atoms with Gasteiger partial charge in [0.15, 0.2) is 0 Å². The van der Waals surface area contributed by atoms with Crippen LogP contribution in [0, 0.1) is 26.7 Å². The first kappa shape index (κ1) is 36.1. The lowest BCUT2D eigenvalue weighted by atomic mass is 9.93. The predicted molar refractivity (Wildman–Crippen MR) is 177 cm³/mol. The molecule has 0 saturated carbocycles. The first-order valence-corrected chi connectivity index (χ1v) is 16.0. The number of ether oxygens (including phenoxy) is 1. The molecule has 43 heavy (non-hydrogen) atoms. The molecule has 0 bridgehead atoms. The average molecular weight is 614 g/mol. The van der Waals surface area contributed by atoms with Crippen LogP contribution in [-0.2, 0) is 14.3 Å². The lowest BCUT2D eigenvalue weighted by Gasteiger charge is -2.36. The number of hydrogen-bond acceptors (Lipinski definition) is 4. The van der Waals surface area contributed by atoms with Gasteiger partial charge < -0.3 is 20.3 Å². The Kier molecular flexibility index (Phi) is 14.0. The molecule has 0 fully saturated rings. The van der Waals surface area contributed by atoms with Crippen molar-refractivity contribution in [1.82, 2.24) is 10.2 Å². The standard InChI is InChI=1S/C35H52ClN3O4/c1-10-11-12-13-14-21-39(33(41)29(22-23(2)3)37-34(42)43-35(7,8)9)31(27-19-15-17-24(4)26(27)6)32(40)38-30-25(5)18-16-20-28(30)36/h15-20,23,29,31H,10-14,21-22H2,1-9H3,(H,37,42)(H,38,40). The van der Waals surface area contributed by atoms with Gasteiger partial charge in [0, 0.05) is 6.54 Å². The molecular formula is C35H52ClN3O4. The first-order valence-electron chi connectivity index (χ1n) is 15.6. The van der Waals surface area contributed by atoms with Crippen molar-refractivity contribution in [2.24, 2.45) is 5.92 Å². The molecule has 0 aliphatic rings. The lowest BCUT2D eigenvalue weighted by Crippen LogP contribution is -2.53. The van der Waals surface area contributed by atoms with E-state index < -0.39 is 23.8 Å². The molecule has 0 heterocycles. The van der Waals surface area contributed by atoms with E-state index in [1.807, 2.05) is 65.0 Å². The molecule has 2 aromatic rings. The molecule has 0 aliphatic heterocycles. The highest BCUT2D eigenvalue weighted by Crippen LogP contribution is 2.32. The van der Waals surface area contributed by atoms with Crippen molar-refractivity contribution >= 4 is 35.2 Å². The van der Waals surface area contributed by atoms with E-state index in [2.05, 4.69) is 17.6 Å². The number of benzene rings is 2. The quantitative estimate of drug-likeness (QED) is 0.209. The molecular weight excluding hydrogens is 562 g/mol. The molecule has 2 N–H and O–H groups in total. The number of nitrogens with one attached hydrogen (secondary N) is 2. The summed E-state index contributed by atoms with van der Waals surface area (Å²) in [5.41, 5.74) is 3.31. The number of para-hydroxylation sites is 1. The number of carbonyl (C=O) groups excluding carboxylic acids is 3. The Morgan fingerprint density at radius 2 is 1.56 bits per heavy atom. The zero-order valence-electron chi connectivity index (χ0n) is 27.6. The number of aryl methyl sites for hydroxylation is 2. The Balaban J connectivity index is 2.63. The summed E-state index contributed by atoms with van der Waals surface area (Å²) < 4.78 is 5.52. The maximum atomic E-state index is 14.6. The van der Waals surface area contributed by atoms with Crippen LogP contribution in [0.4, 0.5) is 10.5 Å². The minimum Gasteiger partial charge on any atom is -0.444 e. The van der Waals surface area contributed by atoms with Gasteiger partial charge in [-0.05, 0) is 88.6 Å². The van der Waals surface area contributed by atoms with E-state index in [9.17, 15) is 14.4 Å². The van der Waals surface area contributed by atoms with Crippen LogP contribution in [0.5, 0.6) is 0 Å². The smallest absolute Gasteiger partial charge is 0.408 e. The van der Waals surface area contributed by atoms with Crippen molar-refractivity contribution < 1.29 is 19.1 Å². The Labute approximate surface area is 264 Å². The van der Waals surface area contributed by atoms with Crippen molar-refractivity contribution in [2.75, 3.05) is 11.9 Å². The second-order valence-corrected chi connectivity index (χ2v) is 13.3. The van der Waals surface area contributed by atoms with E-state index >= 15 is 0 Å². The molecule has 7 nitrogen and oxygen atoms in total. The Hall–Kier alpha value is -3.06. The number of halogens is 1. The zero-order chi connectivity index (χ0) is 32.3.